The van der Waals surface area contributed by atoms with Crippen molar-refractivity contribution in [3.63, 3.8) is 0 Å². The van der Waals surface area contributed by atoms with Crippen LogP contribution in [0.2, 0.25) is 0 Å². The summed E-state index contributed by atoms with van der Waals surface area (Å²) in [5.74, 6) is 0.889. The summed E-state index contributed by atoms with van der Waals surface area (Å²) in [5, 5.41) is 4.15. The molecule has 1 amide bonds. The average molecular weight is 519 g/mol. The minimum Gasteiger partial charge on any atom is -0.356 e. The smallest absolute Gasteiger partial charge is 0.243 e. The highest BCUT2D eigenvalue weighted by Gasteiger charge is 2.30. The number of hydrogen-bond donors (Lipinski definition) is 1. The Hall–Kier alpha value is -2.97. The predicted octanol–water partition coefficient (Wildman–Crippen LogP) is 4.43. The van der Waals surface area contributed by atoms with E-state index in [1.807, 2.05) is 12.1 Å². The Labute approximate surface area is 218 Å². The molecule has 0 spiro atoms. The van der Waals surface area contributed by atoms with Crippen molar-refractivity contribution in [2.45, 2.75) is 55.9 Å². The zero-order valence-corrected chi connectivity index (χ0v) is 21.9. The van der Waals surface area contributed by atoms with Crippen molar-refractivity contribution in [1.82, 2.24) is 14.6 Å². The lowest BCUT2D eigenvalue weighted by atomic mass is 9.87. The highest BCUT2D eigenvalue weighted by Crippen LogP contribution is 2.31. The number of amides is 1. The van der Waals surface area contributed by atoms with Crippen molar-refractivity contribution in [3.8, 4) is 0 Å². The number of aryl methyl sites for hydroxylation is 1. The van der Waals surface area contributed by atoms with Crippen molar-refractivity contribution >= 4 is 32.7 Å². The zero-order valence-electron chi connectivity index (χ0n) is 21.1. The van der Waals surface area contributed by atoms with Crippen molar-refractivity contribution < 1.29 is 13.2 Å². The molecule has 2 atom stereocenters. The van der Waals surface area contributed by atoms with Gasteiger partial charge in [-0.05, 0) is 86.4 Å². The molecule has 0 saturated carbocycles. The number of sulfonamides is 1. The number of anilines is 1. The quantitative estimate of drug-likeness (QED) is 0.540. The molecule has 8 heteroatoms. The number of hydrogen-bond acceptors (Lipinski definition) is 5. The number of piperidine rings is 1. The molecule has 1 aromatic heterocycles. The van der Waals surface area contributed by atoms with Crippen molar-refractivity contribution in [2.24, 2.45) is 5.92 Å². The average Bonchev–Trinajstić information content (AvgIpc) is 3.49. The van der Waals surface area contributed by atoms with Gasteiger partial charge in [-0.2, -0.15) is 4.31 Å². The first-order chi connectivity index (χ1) is 18.0. The first-order valence-corrected chi connectivity index (χ1v) is 15.0. The van der Waals surface area contributed by atoms with Gasteiger partial charge in [-0.1, -0.05) is 24.3 Å². The molecule has 0 bridgehead atoms. The minimum atomic E-state index is -3.46. The lowest BCUT2D eigenvalue weighted by molar-refractivity contribution is -0.126. The number of fused-ring (bicyclic) bond motifs is 2. The Morgan fingerprint density at radius 3 is 2.62 bits per heavy atom. The van der Waals surface area contributed by atoms with Gasteiger partial charge in [-0.25, -0.2) is 13.4 Å². The number of aromatic nitrogens is 1. The fraction of sp³-hybridized carbons (Fsp3) is 0.448. The Bertz CT molecular complexity index is 1420. The topological polar surface area (TPSA) is 82.6 Å². The van der Waals surface area contributed by atoms with Crippen LogP contribution >= 0.6 is 0 Å². The summed E-state index contributed by atoms with van der Waals surface area (Å²) in [5.41, 5.74) is 3.38. The lowest BCUT2D eigenvalue weighted by Gasteiger charge is -2.34. The molecule has 2 aliphatic heterocycles. The molecule has 2 fully saturated rings. The van der Waals surface area contributed by atoms with E-state index in [4.69, 9.17) is 4.98 Å². The number of benzene rings is 2. The Morgan fingerprint density at radius 1 is 0.919 bits per heavy atom. The van der Waals surface area contributed by atoms with Crippen LogP contribution < -0.4 is 10.2 Å². The molecule has 1 aliphatic carbocycles. The fourth-order valence-corrected chi connectivity index (χ4v) is 7.65. The summed E-state index contributed by atoms with van der Waals surface area (Å²) >= 11 is 0. The molecule has 3 aromatic rings. The van der Waals surface area contributed by atoms with Crippen molar-refractivity contribution in [3.05, 3.63) is 65.7 Å². The van der Waals surface area contributed by atoms with Crippen LogP contribution in [0.15, 0.2) is 59.5 Å². The summed E-state index contributed by atoms with van der Waals surface area (Å²) in [6, 6.07) is 17.6. The van der Waals surface area contributed by atoms with Gasteiger partial charge in [0.25, 0.3) is 0 Å². The molecule has 1 N–H and O–H groups in total. The molecule has 3 aliphatic rings. The second-order valence-electron chi connectivity index (χ2n) is 10.6. The molecular weight excluding hydrogens is 484 g/mol. The van der Waals surface area contributed by atoms with Crippen molar-refractivity contribution in [1.29, 1.82) is 0 Å². The normalized spacial score (nSPS) is 22.6. The van der Waals surface area contributed by atoms with Gasteiger partial charge in [0.2, 0.25) is 15.9 Å². The standard InChI is InChI=1S/C29H34N4O3S/c34-29(31-27-11-5-8-21-7-1-2-10-25(21)27)23-9-6-16-32(20-23)28-15-12-22-19-24(13-14-26(22)30-28)37(35,36)33-17-3-4-18-33/h1-2,7,10,12-15,19,23,27H,3-6,8-9,11,16-18,20H2,(H,31,34)/t23-,27+/m1/s1. The van der Waals surface area contributed by atoms with Gasteiger partial charge in [-0.3, -0.25) is 4.79 Å². The van der Waals surface area contributed by atoms with Gasteiger partial charge in [0.15, 0.2) is 0 Å². The van der Waals surface area contributed by atoms with E-state index in [1.54, 1.807) is 22.5 Å². The van der Waals surface area contributed by atoms with Crippen LogP contribution in [0.25, 0.3) is 10.9 Å². The number of carbonyl (C=O) groups excluding carboxylic acids is 1. The maximum Gasteiger partial charge on any atom is 0.243 e. The highest BCUT2D eigenvalue weighted by molar-refractivity contribution is 7.89. The van der Waals surface area contributed by atoms with E-state index < -0.39 is 10.0 Å². The summed E-state index contributed by atoms with van der Waals surface area (Å²) in [6.07, 6.45) is 6.82. The maximum atomic E-state index is 13.3. The Morgan fingerprint density at radius 2 is 1.76 bits per heavy atom. The molecule has 7 nitrogen and oxygen atoms in total. The first-order valence-electron chi connectivity index (χ1n) is 13.5. The van der Waals surface area contributed by atoms with Gasteiger partial charge < -0.3 is 10.2 Å². The fourth-order valence-electron chi connectivity index (χ4n) is 6.10. The third-order valence-electron chi connectivity index (χ3n) is 8.15. The third-order valence-corrected chi connectivity index (χ3v) is 10.0. The highest BCUT2D eigenvalue weighted by atomic mass is 32.2. The molecule has 0 unspecified atom stereocenters. The van der Waals surface area contributed by atoms with E-state index in [1.165, 1.54) is 11.1 Å². The van der Waals surface area contributed by atoms with E-state index in [0.29, 0.717) is 24.5 Å². The van der Waals surface area contributed by atoms with Gasteiger partial charge >= 0.3 is 0 Å². The number of nitrogens with zero attached hydrogens (tertiary/aromatic N) is 3. The molecule has 194 valence electrons. The number of rotatable bonds is 5. The van der Waals surface area contributed by atoms with Crippen LogP contribution in [-0.4, -0.2) is 49.8 Å². The molecule has 0 radical (unpaired) electrons. The van der Waals surface area contributed by atoms with E-state index in [0.717, 1.165) is 68.2 Å². The van der Waals surface area contributed by atoms with Gasteiger partial charge in [0.05, 0.1) is 22.4 Å². The van der Waals surface area contributed by atoms with Crippen LogP contribution in [0, 0.1) is 5.92 Å². The molecule has 2 aromatic carbocycles. The second kappa shape index (κ2) is 10.1. The summed E-state index contributed by atoms with van der Waals surface area (Å²) < 4.78 is 27.5. The van der Waals surface area contributed by atoms with E-state index in [9.17, 15) is 13.2 Å². The number of pyridine rings is 1. The van der Waals surface area contributed by atoms with Crippen LogP contribution in [0.3, 0.4) is 0 Å². The van der Waals surface area contributed by atoms with Crippen LogP contribution in [0.4, 0.5) is 5.82 Å². The minimum absolute atomic E-state index is 0.0756. The summed E-state index contributed by atoms with van der Waals surface area (Å²) in [4.78, 5) is 20.7. The Kier molecular flexibility index (Phi) is 6.63. The van der Waals surface area contributed by atoms with Crippen LogP contribution in [0.5, 0.6) is 0 Å². The van der Waals surface area contributed by atoms with Crippen molar-refractivity contribution in [2.75, 3.05) is 31.1 Å². The third kappa shape index (κ3) is 4.84. The summed E-state index contributed by atoms with van der Waals surface area (Å²) in [7, 11) is -3.46. The Balaban J connectivity index is 1.16. The second-order valence-corrected chi connectivity index (χ2v) is 12.5. The van der Waals surface area contributed by atoms with E-state index >= 15 is 0 Å². The van der Waals surface area contributed by atoms with Gasteiger partial charge in [0, 0.05) is 31.6 Å². The predicted molar refractivity (Wildman–Crippen MR) is 145 cm³/mol. The van der Waals surface area contributed by atoms with Gasteiger partial charge in [0.1, 0.15) is 5.82 Å². The largest absolute Gasteiger partial charge is 0.356 e. The molecule has 37 heavy (non-hydrogen) atoms. The summed E-state index contributed by atoms with van der Waals surface area (Å²) in [6.45, 7) is 2.68. The van der Waals surface area contributed by atoms with E-state index in [-0.39, 0.29) is 17.9 Å². The monoisotopic (exact) mass is 518 g/mol. The lowest BCUT2D eigenvalue weighted by Crippen LogP contribution is -2.44. The zero-order chi connectivity index (χ0) is 25.4. The van der Waals surface area contributed by atoms with Gasteiger partial charge in [-0.15, -0.1) is 0 Å². The SMILES string of the molecule is O=C(N[C@H]1CCCc2ccccc21)[C@@H]1CCCN(c2ccc3cc(S(=O)(=O)N4CCCC4)ccc3n2)C1. The molecular formula is C29H34N4O3S. The van der Waals surface area contributed by atoms with E-state index in [2.05, 4.69) is 34.5 Å². The van der Waals surface area contributed by atoms with Crippen LogP contribution in [0.1, 0.15) is 55.7 Å². The number of nitrogens with one attached hydrogen (secondary N) is 1. The molecule has 3 heterocycles. The first kappa shape index (κ1) is 24.4. The maximum absolute atomic E-state index is 13.3. The molecule has 6 rings (SSSR count). The number of carbonyl (C=O) groups is 1. The van der Waals surface area contributed by atoms with Crippen LogP contribution in [-0.2, 0) is 21.2 Å². The molecule has 2 saturated heterocycles.